The van der Waals surface area contributed by atoms with Crippen LogP contribution in [0.3, 0.4) is 0 Å². The van der Waals surface area contributed by atoms with Gasteiger partial charge in [0.2, 0.25) is 0 Å². The number of rotatable bonds is 5. The molecule has 0 fully saturated rings. The van der Waals surface area contributed by atoms with Crippen molar-refractivity contribution in [2.75, 3.05) is 13.7 Å². The van der Waals surface area contributed by atoms with Gasteiger partial charge in [-0.1, -0.05) is 30.3 Å². The molecule has 4 rings (SSSR count). The van der Waals surface area contributed by atoms with E-state index in [1.165, 1.54) is 16.8 Å². The molecule has 0 bridgehead atoms. The van der Waals surface area contributed by atoms with Crippen molar-refractivity contribution in [1.29, 1.82) is 0 Å². The normalized spacial score (nSPS) is 16.1. The number of halogens is 3. The number of nitrogens with zero attached hydrogens (tertiary/aromatic N) is 2. The molecular formula is C21H19F3N4O2. The van der Waals surface area contributed by atoms with Crippen LogP contribution < -0.4 is 15.4 Å². The van der Waals surface area contributed by atoms with Crippen LogP contribution in [0.1, 0.15) is 27.8 Å². The fraction of sp³-hybridized carbons (Fsp3) is 0.238. The van der Waals surface area contributed by atoms with Crippen molar-refractivity contribution in [2.45, 2.75) is 18.9 Å². The number of alkyl halides is 3. The lowest BCUT2D eigenvalue weighted by Gasteiger charge is -2.26. The Labute approximate surface area is 170 Å². The number of aromatic nitrogens is 2. The van der Waals surface area contributed by atoms with Crippen LogP contribution in [-0.2, 0) is 12.7 Å². The highest BCUT2D eigenvalue weighted by atomic mass is 19.4. The second kappa shape index (κ2) is 7.83. The second-order valence-electron chi connectivity index (χ2n) is 6.85. The van der Waals surface area contributed by atoms with E-state index in [0.717, 1.165) is 11.6 Å². The van der Waals surface area contributed by atoms with Gasteiger partial charge in [0, 0.05) is 12.1 Å². The van der Waals surface area contributed by atoms with Gasteiger partial charge in [0.15, 0.2) is 0 Å². The van der Waals surface area contributed by atoms with E-state index in [4.69, 9.17) is 4.74 Å². The van der Waals surface area contributed by atoms with Gasteiger partial charge in [-0.3, -0.25) is 10.1 Å². The number of hydrogen-bond donors (Lipinski definition) is 2. The van der Waals surface area contributed by atoms with E-state index in [1.54, 1.807) is 31.4 Å². The number of amides is 1. The highest BCUT2D eigenvalue weighted by Crippen LogP contribution is 2.32. The number of fused-ring (bicyclic) bond motifs is 1. The number of carbonyl (C=O) groups excluding carboxylic acids is 1. The van der Waals surface area contributed by atoms with Crippen LogP contribution in [0.4, 0.5) is 13.2 Å². The quantitative estimate of drug-likeness (QED) is 0.667. The van der Waals surface area contributed by atoms with Crippen molar-refractivity contribution >= 4 is 5.91 Å². The standard InChI is InChI=1S/C21H19F3N4O2/c1-30-15-7-4-6-13(9-15)17-10-18-20(29)26-12-19(28(18)27-17)25-11-14-5-2-3-8-16(14)21(22,23)24/h2-10,19,25H,11-12H2,1H3,(H,26,29)/t19-/m1/s1. The predicted octanol–water partition coefficient (Wildman–Crippen LogP) is 3.61. The highest BCUT2D eigenvalue weighted by molar-refractivity contribution is 5.94. The number of hydrogen-bond acceptors (Lipinski definition) is 4. The first-order chi connectivity index (χ1) is 14.4. The zero-order chi connectivity index (χ0) is 21.3. The van der Waals surface area contributed by atoms with Crippen LogP contribution in [0.25, 0.3) is 11.3 Å². The molecule has 0 aliphatic carbocycles. The monoisotopic (exact) mass is 416 g/mol. The van der Waals surface area contributed by atoms with Crippen LogP contribution in [0.5, 0.6) is 5.75 Å². The third kappa shape index (κ3) is 3.88. The average Bonchev–Trinajstić information content (AvgIpc) is 3.19. The van der Waals surface area contributed by atoms with E-state index >= 15 is 0 Å². The minimum atomic E-state index is -4.44. The summed E-state index contributed by atoms with van der Waals surface area (Å²) in [6, 6.07) is 14.3. The van der Waals surface area contributed by atoms with Crippen molar-refractivity contribution in [2.24, 2.45) is 0 Å². The molecule has 2 heterocycles. The van der Waals surface area contributed by atoms with Gasteiger partial charge >= 0.3 is 6.18 Å². The minimum Gasteiger partial charge on any atom is -0.497 e. The van der Waals surface area contributed by atoms with Crippen LogP contribution >= 0.6 is 0 Å². The van der Waals surface area contributed by atoms with E-state index in [-0.39, 0.29) is 24.6 Å². The summed E-state index contributed by atoms with van der Waals surface area (Å²) < 4.78 is 46.5. The van der Waals surface area contributed by atoms with Crippen LogP contribution in [0.15, 0.2) is 54.6 Å². The molecule has 1 amide bonds. The molecule has 0 radical (unpaired) electrons. The van der Waals surface area contributed by atoms with E-state index in [2.05, 4.69) is 15.7 Å². The van der Waals surface area contributed by atoms with Gasteiger partial charge in [-0.15, -0.1) is 0 Å². The maximum Gasteiger partial charge on any atom is 0.416 e. The van der Waals surface area contributed by atoms with Gasteiger partial charge in [-0.05, 0) is 29.8 Å². The Morgan fingerprint density at radius 3 is 2.77 bits per heavy atom. The third-order valence-electron chi connectivity index (χ3n) is 4.94. The van der Waals surface area contributed by atoms with E-state index in [9.17, 15) is 18.0 Å². The van der Waals surface area contributed by atoms with Gasteiger partial charge in [0.05, 0.1) is 24.9 Å². The lowest BCUT2D eigenvalue weighted by Crippen LogP contribution is -2.45. The first-order valence-corrected chi connectivity index (χ1v) is 9.27. The van der Waals surface area contributed by atoms with Gasteiger partial charge in [0.1, 0.15) is 17.6 Å². The highest BCUT2D eigenvalue weighted by Gasteiger charge is 2.33. The van der Waals surface area contributed by atoms with Crippen molar-refractivity contribution in [1.82, 2.24) is 20.4 Å². The van der Waals surface area contributed by atoms with Crippen LogP contribution in [0, 0.1) is 0 Å². The Morgan fingerprint density at radius 2 is 2.00 bits per heavy atom. The Balaban J connectivity index is 1.60. The number of methoxy groups -OCH3 is 1. The SMILES string of the molecule is COc1cccc(-c2cc3n(n2)[C@@H](NCc2ccccc2C(F)(F)F)CNC3=O)c1. The predicted molar refractivity (Wildman–Crippen MR) is 104 cm³/mol. The molecule has 30 heavy (non-hydrogen) atoms. The largest absolute Gasteiger partial charge is 0.497 e. The number of carbonyl (C=O) groups is 1. The first kappa shape index (κ1) is 20.0. The van der Waals surface area contributed by atoms with Gasteiger partial charge in [-0.25, -0.2) is 4.68 Å². The summed E-state index contributed by atoms with van der Waals surface area (Å²) in [5.74, 6) is 0.367. The molecule has 9 heteroatoms. The molecule has 0 unspecified atom stereocenters. The molecule has 2 aromatic carbocycles. The second-order valence-corrected chi connectivity index (χ2v) is 6.85. The van der Waals surface area contributed by atoms with E-state index in [0.29, 0.717) is 17.1 Å². The minimum absolute atomic E-state index is 0.0238. The summed E-state index contributed by atoms with van der Waals surface area (Å²) in [6.07, 6.45) is -4.92. The maximum absolute atomic E-state index is 13.2. The molecular weight excluding hydrogens is 397 g/mol. The Hall–Kier alpha value is -3.33. The Morgan fingerprint density at radius 1 is 1.20 bits per heavy atom. The summed E-state index contributed by atoms with van der Waals surface area (Å²) in [7, 11) is 1.56. The zero-order valence-electron chi connectivity index (χ0n) is 16.0. The first-order valence-electron chi connectivity index (χ1n) is 9.27. The van der Waals surface area contributed by atoms with Gasteiger partial charge in [-0.2, -0.15) is 18.3 Å². The molecule has 156 valence electrons. The topological polar surface area (TPSA) is 68.2 Å². The number of benzene rings is 2. The molecule has 3 aromatic rings. The van der Waals surface area contributed by atoms with Crippen molar-refractivity contribution in [3.8, 4) is 17.0 Å². The van der Waals surface area contributed by atoms with Gasteiger partial charge < -0.3 is 10.1 Å². The number of ether oxygens (including phenoxy) is 1. The van der Waals surface area contributed by atoms with Crippen LogP contribution in [-0.4, -0.2) is 29.3 Å². The summed E-state index contributed by atoms with van der Waals surface area (Å²) in [4.78, 5) is 12.3. The maximum atomic E-state index is 13.2. The molecule has 6 nitrogen and oxygen atoms in total. The molecule has 2 N–H and O–H groups in total. The van der Waals surface area contributed by atoms with Crippen molar-refractivity contribution in [3.63, 3.8) is 0 Å². The van der Waals surface area contributed by atoms with Crippen molar-refractivity contribution < 1.29 is 22.7 Å². The molecule has 0 spiro atoms. The molecule has 1 atom stereocenters. The smallest absolute Gasteiger partial charge is 0.416 e. The summed E-state index contributed by atoms with van der Waals surface area (Å²) in [6.45, 7) is 0.184. The lowest BCUT2D eigenvalue weighted by molar-refractivity contribution is -0.138. The lowest BCUT2D eigenvalue weighted by atomic mass is 10.1. The Bertz CT molecular complexity index is 1080. The Kier molecular flexibility index (Phi) is 5.21. The fourth-order valence-corrected chi connectivity index (χ4v) is 3.43. The zero-order valence-corrected chi connectivity index (χ0v) is 16.0. The summed E-state index contributed by atoms with van der Waals surface area (Å²) >= 11 is 0. The number of nitrogens with one attached hydrogen (secondary N) is 2. The molecule has 1 aliphatic heterocycles. The molecule has 0 saturated carbocycles. The summed E-state index contributed by atoms with van der Waals surface area (Å²) in [5, 5.41) is 10.4. The molecule has 1 aliphatic rings. The van der Waals surface area contributed by atoms with E-state index in [1.807, 2.05) is 12.1 Å². The fourth-order valence-electron chi connectivity index (χ4n) is 3.43. The third-order valence-corrected chi connectivity index (χ3v) is 4.94. The summed E-state index contributed by atoms with van der Waals surface area (Å²) in [5.41, 5.74) is 1.12. The van der Waals surface area contributed by atoms with Crippen LogP contribution in [0.2, 0.25) is 0 Å². The molecule has 1 aromatic heterocycles. The molecule has 0 saturated heterocycles. The van der Waals surface area contributed by atoms with Gasteiger partial charge in [0.25, 0.3) is 5.91 Å². The average molecular weight is 416 g/mol. The van der Waals surface area contributed by atoms with E-state index < -0.39 is 17.9 Å². The van der Waals surface area contributed by atoms with Crippen molar-refractivity contribution in [3.05, 3.63) is 71.4 Å².